The van der Waals surface area contributed by atoms with E-state index in [0.717, 1.165) is 36.7 Å². The predicted octanol–water partition coefficient (Wildman–Crippen LogP) is 5.50. The SMILES string of the molecule is CC/C(C)=C/C(=O)OC1C(OC2(C)CCC3C(C4C(C)CCC42)C3(C)C)OC(C)C(C)C1O. The first-order valence-electron chi connectivity index (χ1n) is 13.3. The fourth-order valence-electron chi connectivity index (χ4n) is 7.52. The second-order valence-electron chi connectivity index (χ2n) is 12.5. The first kappa shape index (κ1) is 25.2. The Morgan fingerprint density at radius 2 is 1.82 bits per heavy atom. The van der Waals surface area contributed by atoms with Crippen molar-refractivity contribution in [2.24, 2.45) is 40.9 Å². The summed E-state index contributed by atoms with van der Waals surface area (Å²) in [4.78, 5) is 12.6. The van der Waals surface area contributed by atoms with Crippen LogP contribution in [-0.4, -0.2) is 41.3 Å². The molecule has 4 fully saturated rings. The van der Waals surface area contributed by atoms with E-state index in [1.807, 2.05) is 27.7 Å². The highest BCUT2D eigenvalue weighted by molar-refractivity contribution is 5.82. The van der Waals surface area contributed by atoms with Gasteiger partial charge in [0.1, 0.15) is 6.10 Å². The summed E-state index contributed by atoms with van der Waals surface area (Å²) < 4.78 is 19.0. The Labute approximate surface area is 200 Å². The van der Waals surface area contributed by atoms with Crippen molar-refractivity contribution in [3.63, 3.8) is 0 Å². The Hall–Kier alpha value is -0.910. The predicted molar refractivity (Wildman–Crippen MR) is 128 cm³/mol. The van der Waals surface area contributed by atoms with Crippen LogP contribution in [0.4, 0.5) is 0 Å². The maximum Gasteiger partial charge on any atom is 0.331 e. The summed E-state index contributed by atoms with van der Waals surface area (Å²) >= 11 is 0. The standard InChI is InChI=1S/C28H46O5/c1-9-15(2)14-21(29)32-25-24(30)17(4)18(5)31-26(25)33-28(8)13-12-20-23(27(20,6)7)22-16(3)10-11-19(22)28/h14,16-20,22-26,30H,9-13H2,1-8H3/b15-14+. The van der Waals surface area contributed by atoms with Gasteiger partial charge in [0.05, 0.1) is 11.7 Å². The zero-order valence-electron chi connectivity index (χ0n) is 22.0. The van der Waals surface area contributed by atoms with Crippen LogP contribution in [-0.2, 0) is 19.0 Å². The minimum absolute atomic E-state index is 0.145. The second kappa shape index (κ2) is 8.95. The first-order valence-corrected chi connectivity index (χ1v) is 13.3. The summed E-state index contributed by atoms with van der Waals surface area (Å²) in [7, 11) is 0. The molecule has 11 unspecified atom stereocenters. The molecular weight excluding hydrogens is 416 g/mol. The summed E-state index contributed by atoms with van der Waals surface area (Å²) in [5, 5.41) is 11.1. The van der Waals surface area contributed by atoms with Gasteiger partial charge in [-0.25, -0.2) is 4.79 Å². The zero-order chi connectivity index (χ0) is 24.3. The molecule has 1 heterocycles. The van der Waals surface area contributed by atoms with Crippen LogP contribution in [0.15, 0.2) is 11.6 Å². The Morgan fingerprint density at radius 1 is 1.12 bits per heavy atom. The van der Waals surface area contributed by atoms with E-state index < -0.39 is 24.5 Å². The molecule has 0 aromatic rings. The number of carbonyl (C=O) groups excluding carboxylic acids is 1. The van der Waals surface area contributed by atoms with Gasteiger partial charge in [0.2, 0.25) is 0 Å². The normalized spacial score (nSPS) is 49.1. The van der Waals surface area contributed by atoms with Gasteiger partial charge in [-0.15, -0.1) is 0 Å². The molecule has 0 amide bonds. The lowest BCUT2D eigenvalue weighted by Gasteiger charge is -2.47. The molecule has 0 aromatic carbocycles. The molecule has 4 rings (SSSR count). The van der Waals surface area contributed by atoms with E-state index in [9.17, 15) is 9.90 Å². The quantitative estimate of drug-likeness (QED) is 0.432. The van der Waals surface area contributed by atoms with E-state index in [1.54, 1.807) is 0 Å². The molecule has 1 N–H and O–H groups in total. The summed E-state index contributed by atoms with van der Waals surface area (Å²) in [6, 6.07) is 0. The molecule has 33 heavy (non-hydrogen) atoms. The summed E-state index contributed by atoms with van der Waals surface area (Å²) in [5.41, 5.74) is 1.04. The van der Waals surface area contributed by atoms with Gasteiger partial charge >= 0.3 is 5.97 Å². The number of hydrogen-bond acceptors (Lipinski definition) is 5. The van der Waals surface area contributed by atoms with E-state index in [2.05, 4.69) is 27.7 Å². The Kier molecular flexibility index (Phi) is 6.83. The maximum absolute atomic E-state index is 12.6. The summed E-state index contributed by atoms with van der Waals surface area (Å²) in [6.45, 7) is 17.4. The van der Waals surface area contributed by atoms with Crippen LogP contribution >= 0.6 is 0 Å². The van der Waals surface area contributed by atoms with Gasteiger partial charge in [0.15, 0.2) is 12.4 Å². The largest absolute Gasteiger partial charge is 0.451 e. The van der Waals surface area contributed by atoms with Crippen LogP contribution in [0.3, 0.4) is 0 Å². The number of ether oxygens (including phenoxy) is 3. The van der Waals surface area contributed by atoms with E-state index in [4.69, 9.17) is 14.2 Å². The van der Waals surface area contributed by atoms with E-state index in [-0.39, 0.29) is 17.6 Å². The van der Waals surface area contributed by atoms with Crippen LogP contribution in [0, 0.1) is 40.9 Å². The maximum atomic E-state index is 12.6. The van der Waals surface area contributed by atoms with Crippen molar-refractivity contribution >= 4 is 5.97 Å². The lowest BCUT2D eigenvalue weighted by Crippen LogP contribution is -2.58. The minimum Gasteiger partial charge on any atom is -0.451 e. The van der Waals surface area contributed by atoms with Gasteiger partial charge in [-0.05, 0) is 81.5 Å². The Morgan fingerprint density at radius 3 is 2.48 bits per heavy atom. The third-order valence-corrected chi connectivity index (χ3v) is 10.1. The molecule has 1 saturated heterocycles. The fraction of sp³-hybridized carbons (Fsp3) is 0.893. The number of aliphatic hydroxyl groups is 1. The Bertz CT molecular complexity index is 774. The van der Waals surface area contributed by atoms with Gasteiger partial charge < -0.3 is 19.3 Å². The number of hydrogen-bond donors (Lipinski definition) is 1. The average molecular weight is 463 g/mol. The molecule has 188 valence electrons. The number of fused-ring (bicyclic) bond motifs is 3. The minimum atomic E-state index is -0.826. The van der Waals surface area contributed by atoms with Crippen molar-refractivity contribution in [1.82, 2.24) is 0 Å². The highest BCUT2D eigenvalue weighted by atomic mass is 16.7. The number of allylic oxidation sites excluding steroid dienone is 1. The van der Waals surface area contributed by atoms with Crippen LogP contribution in [0.2, 0.25) is 0 Å². The van der Waals surface area contributed by atoms with Gasteiger partial charge in [0.25, 0.3) is 0 Å². The molecule has 0 bridgehead atoms. The highest BCUT2D eigenvalue weighted by Crippen LogP contribution is 2.71. The van der Waals surface area contributed by atoms with Gasteiger partial charge in [-0.1, -0.05) is 46.6 Å². The molecule has 5 heteroatoms. The lowest BCUT2D eigenvalue weighted by molar-refractivity contribution is -0.320. The number of rotatable bonds is 5. The molecule has 11 atom stereocenters. The molecule has 0 radical (unpaired) electrons. The van der Waals surface area contributed by atoms with Gasteiger partial charge in [0, 0.05) is 12.0 Å². The number of aliphatic hydroxyl groups excluding tert-OH is 1. The molecule has 0 spiro atoms. The molecule has 0 aromatic heterocycles. The van der Waals surface area contributed by atoms with E-state index >= 15 is 0 Å². The molecule has 5 nitrogen and oxygen atoms in total. The zero-order valence-corrected chi connectivity index (χ0v) is 22.0. The molecule has 3 saturated carbocycles. The summed E-state index contributed by atoms with van der Waals surface area (Å²) in [5.74, 6) is 2.81. The van der Waals surface area contributed by atoms with Crippen LogP contribution in [0.5, 0.6) is 0 Å². The van der Waals surface area contributed by atoms with Crippen molar-refractivity contribution < 1.29 is 24.1 Å². The van der Waals surface area contributed by atoms with Crippen molar-refractivity contribution in [2.75, 3.05) is 0 Å². The van der Waals surface area contributed by atoms with Crippen molar-refractivity contribution in [3.05, 3.63) is 11.6 Å². The Balaban J connectivity index is 1.57. The third-order valence-electron chi connectivity index (χ3n) is 10.1. The highest BCUT2D eigenvalue weighted by Gasteiger charge is 2.67. The van der Waals surface area contributed by atoms with Crippen LogP contribution in [0.25, 0.3) is 0 Å². The van der Waals surface area contributed by atoms with E-state index in [1.165, 1.54) is 18.9 Å². The molecular formula is C28H46O5. The third kappa shape index (κ3) is 4.43. The van der Waals surface area contributed by atoms with E-state index in [0.29, 0.717) is 23.2 Å². The van der Waals surface area contributed by atoms with Gasteiger partial charge in [-0.2, -0.15) is 0 Å². The van der Waals surface area contributed by atoms with Crippen LogP contribution < -0.4 is 0 Å². The summed E-state index contributed by atoms with van der Waals surface area (Å²) in [6.07, 6.45) is 4.29. The monoisotopic (exact) mass is 462 g/mol. The van der Waals surface area contributed by atoms with Crippen molar-refractivity contribution in [1.29, 1.82) is 0 Å². The lowest BCUT2D eigenvalue weighted by atomic mass is 9.74. The molecule has 1 aliphatic heterocycles. The fourth-order valence-corrected chi connectivity index (χ4v) is 7.52. The molecule has 3 aliphatic carbocycles. The van der Waals surface area contributed by atoms with Gasteiger partial charge in [-0.3, -0.25) is 0 Å². The second-order valence-corrected chi connectivity index (χ2v) is 12.5. The number of carbonyl (C=O) groups is 1. The van der Waals surface area contributed by atoms with Crippen molar-refractivity contribution in [2.45, 2.75) is 118 Å². The number of esters is 1. The smallest absolute Gasteiger partial charge is 0.331 e. The van der Waals surface area contributed by atoms with Crippen LogP contribution in [0.1, 0.15) is 87.5 Å². The molecule has 4 aliphatic rings. The average Bonchev–Trinajstić information content (AvgIpc) is 3.12. The van der Waals surface area contributed by atoms with Crippen molar-refractivity contribution in [3.8, 4) is 0 Å². The first-order chi connectivity index (χ1) is 15.4. The topological polar surface area (TPSA) is 65.0 Å².